The van der Waals surface area contributed by atoms with E-state index in [-0.39, 0.29) is 5.78 Å². The lowest BCUT2D eigenvalue weighted by molar-refractivity contribution is 0.103. The molecule has 0 bridgehead atoms. The van der Waals surface area contributed by atoms with Crippen molar-refractivity contribution in [2.45, 2.75) is 19.3 Å². The summed E-state index contributed by atoms with van der Waals surface area (Å²) in [5.74, 6) is 0.0541. The Balaban J connectivity index is 2.00. The summed E-state index contributed by atoms with van der Waals surface area (Å²) in [5.41, 5.74) is 2.62. The summed E-state index contributed by atoms with van der Waals surface area (Å²) in [5, 5.41) is 1.67. The van der Waals surface area contributed by atoms with Crippen molar-refractivity contribution in [1.29, 1.82) is 0 Å². The van der Waals surface area contributed by atoms with Crippen LogP contribution in [-0.4, -0.2) is 16.0 Å². The van der Waals surface area contributed by atoms with Crippen molar-refractivity contribution in [1.82, 2.24) is 0 Å². The summed E-state index contributed by atoms with van der Waals surface area (Å²) in [7, 11) is 0. The van der Waals surface area contributed by atoms with E-state index in [0.29, 0.717) is 11.1 Å². The Morgan fingerprint density at radius 1 is 0.952 bits per heavy atom. The van der Waals surface area contributed by atoms with E-state index >= 15 is 0 Å². The van der Waals surface area contributed by atoms with Gasteiger partial charge in [-0.15, -0.1) is 0 Å². The van der Waals surface area contributed by atoms with Gasteiger partial charge in [-0.2, -0.15) is 0 Å². The number of aryl methyl sites for hydroxylation is 1. The van der Waals surface area contributed by atoms with Crippen LogP contribution in [0.2, 0.25) is 0 Å². The molecule has 1 nitrogen and oxygen atoms in total. The molecular formula is C18H16OS2. The molecule has 0 unspecified atom stereocenters. The van der Waals surface area contributed by atoms with Crippen molar-refractivity contribution in [2.75, 3.05) is 0 Å². The van der Waals surface area contributed by atoms with Crippen LogP contribution in [0, 0.1) is 0 Å². The molecule has 0 saturated carbocycles. The monoisotopic (exact) mass is 312 g/mol. The summed E-state index contributed by atoms with van der Waals surface area (Å²) in [4.78, 5) is 13.3. The summed E-state index contributed by atoms with van der Waals surface area (Å²) in [6, 6.07) is 17.1. The largest absolute Gasteiger partial charge is 0.289 e. The van der Waals surface area contributed by atoms with Crippen LogP contribution in [0.25, 0.3) is 0 Å². The Labute approximate surface area is 136 Å². The first-order valence-electron chi connectivity index (χ1n) is 6.84. The SMILES string of the molecule is O=C(c1ccccc1)c1ccc(CCC(=S)CC=S)cc1. The maximum absolute atomic E-state index is 12.3. The Kier molecular flexibility index (Phi) is 5.90. The smallest absolute Gasteiger partial charge is 0.193 e. The van der Waals surface area contributed by atoms with Crippen LogP contribution in [0.4, 0.5) is 0 Å². The first kappa shape index (κ1) is 15.7. The van der Waals surface area contributed by atoms with Gasteiger partial charge in [-0.1, -0.05) is 79.0 Å². The highest BCUT2D eigenvalue weighted by Crippen LogP contribution is 2.12. The lowest BCUT2D eigenvalue weighted by Crippen LogP contribution is -2.02. The summed E-state index contributed by atoms with van der Waals surface area (Å²) in [6.07, 6.45) is 2.46. The van der Waals surface area contributed by atoms with Crippen LogP contribution in [-0.2, 0) is 6.42 Å². The molecular weight excluding hydrogens is 296 g/mol. The minimum atomic E-state index is 0.0541. The fourth-order valence-electron chi connectivity index (χ4n) is 2.06. The Hall–Kier alpha value is -1.71. The quantitative estimate of drug-likeness (QED) is 0.549. The van der Waals surface area contributed by atoms with E-state index in [1.54, 1.807) is 5.37 Å². The highest BCUT2D eigenvalue weighted by Gasteiger charge is 2.08. The van der Waals surface area contributed by atoms with Crippen LogP contribution in [0.15, 0.2) is 54.6 Å². The van der Waals surface area contributed by atoms with Crippen LogP contribution in [0.5, 0.6) is 0 Å². The van der Waals surface area contributed by atoms with Gasteiger partial charge in [0.15, 0.2) is 5.78 Å². The summed E-state index contributed by atoms with van der Waals surface area (Å²) < 4.78 is 0. The third kappa shape index (κ3) is 4.66. The molecule has 3 heteroatoms. The Bertz CT molecular complexity index is 630. The molecule has 0 aliphatic heterocycles. The summed E-state index contributed by atoms with van der Waals surface area (Å²) >= 11 is 10.0. The van der Waals surface area contributed by atoms with Gasteiger partial charge in [-0.05, 0) is 28.6 Å². The molecule has 0 spiro atoms. The molecule has 0 radical (unpaired) electrons. The average Bonchev–Trinajstić information content (AvgIpc) is 2.54. The molecule has 0 aliphatic carbocycles. The van der Waals surface area contributed by atoms with Crippen LogP contribution in [0.1, 0.15) is 34.3 Å². The maximum Gasteiger partial charge on any atom is 0.193 e. The molecule has 0 amide bonds. The number of hydrogen-bond donors (Lipinski definition) is 0. The van der Waals surface area contributed by atoms with Gasteiger partial charge in [0.05, 0.1) is 0 Å². The number of ketones is 1. The standard InChI is InChI=1S/C18H16OS2/c19-18(15-4-2-1-3-5-15)16-9-6-14(7-10-16)8-11-17(21)12-13-20/h1-7,9-10,13H,8,11-12H2. The minimum absolute atomic E-state index is 0.0541. The number of benzene rings is 2. The molecule has 0 fully saturated rings. The van der Waals surface area contributed by atoms with E-state index in [1.807, 2.05) is 54.6 Å². The molecule has 106 valence electrons. The second-order valence-electron chi connectivity index (χ2n) is 4.80. The molecule has 21 heavy (non-hydrogen) atoms. The fraction of sp³-hybridized carbons (Fsp3) is 0.167. The van der Waals surface area contributed by atoms with Gasteiger partial charge in [0.2, 0.25) is 0 Å². The lowest BCUT2D eigenvalue weighted by Gasteiger charge is -2.04. The molecule has 2 rings (SSSR count). The zero-order valence-electron chi connectivity index (χ0n) is 11.6. The zero-order valence-corrected chi connectivity index (χ0v) is 13.3. The van der Waals surface area contributed by atoms with Gasteiger partial charge in [0.1, 0.15) is 0 Å². The minimum Gasteiger partial charge on any atom is -0.289 e. The fourth-order valence-corrected chi connectivity index (χ4v) is 2.55. The highest BCUT2D eigenvalue weighted by atomic mass is 32.1. The topological polar surface area (TPSA) is 17.1 Å². The van der Waals surface area contributed by atoms with Gasteiger partial charge in [-0.25, -0.2) is 0 Å². The van der Waals surface area contributed by atoms with Crippen LogP contribution >= 0.6 is 24.4 Å². The van der Waals surface area contributed by atoms with E-state index in [1.165, 1.54) is 5.56 Å². The normalized spacial score (nSPS) is 10.1. The predicted octanol–water partition coefficient (Wildman–Crippen LogP) is 4.61. The average molecular weight is 312 g/mol. The van der Waals surface area contributed by atoms with E-state index in [2.05, 4.69) is 0 Å². The van der Waals surface area contributed by atoms with E-state index in [0.717, 1.165) is 24.1 Å². The molecule has 0 aromatic heterocycles. The summed E-state index contributed by atoms with van der Waals surface area (Å²) in [6.45, 7) is 0. The van der Waals surface area contributed by atoms with E-state index in [4.69, 9.17) is 24.4 Å². The van der Waals surface area contributed by atoms with Crippen molar-refractivity contribution in [2.24, 2.45) is 0 Å². The van der Waals surface area contributed by atoms with Crippen molar-refractivity contribution >= 4 is 40.5 Å². The molecule has 2 aromatic rings. The van der Waals surface area contributed by atoms with Crippen molar-refractivity contribution in [3.05, 3.63) is 71.3 Å². The Morgan fingerprint density at radius 2 is 1.57 bits per heavy atom. The number of carbonyl (C=O) groups is 1. The molecule has 2 aromatic carbocycles. The third-order valence-corrected chi connectivity index (χ3v) is 3.79. The van der Waals surface area contributed by atoms with Crippen molar-refractivity contribution in [3.8, 4) is 0 Å². The number of carbonyl (C=O) groups excluding carboxylic acids is 1. The number of rotatable bonds is 7. The zero-order chi connectivity index (χ0) is 15.1. The van der Waals surface area contributed by atoms with Crippen molar-refractivity contribution in [3.63, 3.8) is 0 Å². The number of thiocarbonyl (C=S) groups is 2. The first-order chi connectivity index (χ1) is 10.2. The molecule has 0 heterocycles. The van der Waals surface area contributed by atoms with Gasteiger partial charge in [0.25, 0.3) is 0 Å². The second kappa shape index (κ2) is 7.91. The van der Waals surface area contributed by atoms with Crippen LogP contribution < -0.4 is 0 Å². The molecule has 0 atom stereocenters. The number of hydrogen-bond acceptors (Lipinski definition) is 3. The van der Waals surface area contributed by atoms with Gasteiger partial charge in [-0.3, -0.25) is 4.79 Å². The van der Waals surface area contributed by atoms with Crippen molar-refractivity contribution < 1.29 is 4.79 Å². The molecule has 0 N–H and O–H groups in total. The Morgan fingerprint density at radius 3 is 2.19 bits per heavy atom. The molecule has 0 saturated heterocycles. The van der Waals surface area contributed by atoms with E-state index < -0.39 is 0 Å². The van der Waals surface area contributed by atoms with Gasteiger partial charge >= 0.3 is 0 Å². The third-order valence-electron chi connectivity index (χ3n) is 3.26. The second-order valence-corrected chi connectivity index (χ2v) is 5.71. The van der Waals surface area contributed by atoms with Gasteiger partial charge < -0.3 is 0 Å². The highest BCUT2D eigenvalue weighted by molar-refractivity contribution is 7.81. The van der Waals surface area contributed by atoms with Gasteiger partial charge in [0, 0.05) is 17.5 Å². The maximum atomic E-state index is 12.3. The van der Waals surface area contributed by atoms with E-state index in [9.17, 15) is 4.79 Å². The first-order valence-corrected chi connectivity index (χ1v) is 7.72. The molecule has 0 aliphatic rings. The predicted molar refractivity (Wildman–Crippen MR) is 95.5 cm³/mol. The van der Waals surface area contributed by atoms with Crippen LogP contribution in [0.3, 0.4) is 0 Å². The lowest BCUT2D eigenvalue weighted by atomic mass is 10.0.